The number of benzene rings is 2. The fraction of sp³-hybridized carbons (Fsp3) is 0.318. The highest BCUT2D eigenvalue weighted by Gasteiger charge is 2.15. The third-order valence-corrected chi connectivity index (χ3v) is 4.92. The van der Waals surface area contributed by atoms with Crippen molar-refractivity contribution in [2.75, 3.05) is 19.6 Å². The summed E-state index contributed by atoms with van der Waals surface area (Å²) >= 11 is 5.97. The molecule has 0 bridgehead atoms. The Morgan fingerprint density at radius 3 is 2.32 bits per heavy atom. The minimum atomic E-state index is 0.201. The molecule has 2 aromatic rings. The summed E-state index contributed by atoms with van der Waals surface area (Å²) in [6.07, 6.45) is 6.36. The number of carbonyl (C=O) groups excluding carboxylic acids is 1. The van der Waals surface area contributed by atoms with E-state index in [1.54, 1.807) is 0 Å². The number of hydrogen-bond acceptors (Lipinski definition) is 2. The topological polar surface area (TPSA) is 20.3 Å². The van der Waals surface area contributed by atoms with Gasteiger partial charge in [0.25, 0.3) is 0 Å². The second kappa shape index (κ2) is 8.98. The molecule has 0 N–H and O–H groups in total. The van der Waals surface area contributed by atoms with E-state index < -0.39 is 0 Å². The summed E-state index contributed by atoms with van der Waals surface area (Å²) in [6, 6.07) is 17.5. The number of Topliss-reactive ketones (excluding diaryl/α,β-unsaturated/α-hetero) is 1. The van der Waals surface area contributed by atoms with Crippen LogP contribution in [0.2, 0.25) is 5.02 Å². The maximum atomic E-state index is 12.9. The first-order valence-electron chi connectivity index (χ1n) is 9.00. The molecule has 0 saturated carbocycles. The van der Waals surface area contributed by atoms with Gasteiger partial charge in [-0.25, -0.2) is 0 Å². The number of piperidine rings is 1. The predicted octanol–water partition coefficient (Wildman–Crippen LogP) is 5.33. The summed E-state index contributed by atoms with van der Waals surface area (Å²) in [5.74, 6) is 0.201. The molecule has 130 valence electrons. The number of halogens is 1. The number of ketones is 1. The standard InChI is InChI=1S/C22H24ClNO/c23-20-11-9-18(10-12-20)17-21(19-7-3-1-4-8-19)22(25)13-16-24-14-5-2-6-15-24/h1,3-4,7-12,17H,2,5-6,13-16H2/b21-17+. The van der Waals surface area contributed by atoms with Crippen molar-refractivity contribution in [3.8, 4) is 0 Å². The van der Waals surface area contributed by atoms with Gasteiger partial charge in [-0.3, -0.25) is 4.79 Å². The van der Waals surface area contributed by atoms with Crippen LogP contribution in [0.25, 0.3) is 11.6 Å². The highest BCUT2D eigenvalue weighted by atomic mass is 35.5. The van der Waals surface area contributed by atoms with E-state index in [0.717, 1.165) is 36.3 Å². The van der Waals surface area contributed by atoms with E-state index in [4.69, 9.17) is 11.6 Å². The Labute approximate surface area is 155 Å². The summed E-state index contributed by atoms with van der Waals surface area (Å²) < 4.78 is 0. The smallest absolute Gasteiger partial charge is 0.164 e. The van der Waals surface area contributed by atoms with Crippen LogP contribution in [-0.2, 0) is 4.79 Å². The molecule has 0 spiro atoms. The van der Waals surface area contributed by atoms with Gasteiger partial charge < -0.3 is 4.90 Å². The fourth-order valence-electron chi connectivity index (χ4n) is 3.25. The maximum Gasteiger partial charge on any atom is 0.164 e. The zero-order valence-electron chi connectivity index (χ0n) is 14.5. The largest absolute Gasteiger partial charge is 0.303 e. The van der Waals surface area contributed by atoms with Crippen LogP contribution < -0.4 is 0 Å². The van der Waals surface area contributed by atoms with Crippen LogP contribution in [0, 0.1) is 0 Å². The highest BCUT2D eigenvalue weighted by Crippen LogP contribution is 2.22. The molecule has 25 heavy (non-hydrogen) atoms. The first kappa shape index (κ1) is 17.9. The molecule has 1 aliphatic rings. The minimum Gasteiger partial charge on any atom is -0.303 e. The van der Waals surface area contributed by atoms with Gasteiger partial charge in [-0.1, -0.05) is 60.5 Å². The van der Waals surface area contributed by atoms with Gasteiger partial charge >= 0.3 is 0 Å². The first-order valence-corrected chi connectivity index (χ1v) is 9.38. The molecule has 1 saturated heterocycles. The number of rotatable bonds is 6. The van der Waals surface area contributed by atoms with Crippen molar-refractivity contribution in [3.63, 3.8) is 0 Å². The molecule has 1 fully saturated rings. The van der Waals surface area contributed by atoms with Crippen molar-refractivity contribution in [2.45, 2.75) is 25.7 Å². The molecule has 0 aromatic heterocycles. The van der Waals surface area contributed by atoms with Gasteiger partial charge in [0.05, 0.1) is 0 Å². The Kier molecular flexibility index (Phi) is 6.43. The Morgan fingerprint density at radius 1 is 0.960 bits per heavy atom. The lowest BCUT2D eigenvalue weighted by Crippen LogP contribution is -2.31. The van der Waals surface area contributed by atoms with Gasteiger partial charge in [0.2, 0.25) is 0 Å². The number of nitrogens with zero attached hydrogens (tertiary/aromatic N) is 1. The Morgan fingerprint density at radius 2 is 1.64 bits per heavy atom. The second-order valence-electron chi connectivity index (χ2n) is 6.55. The van der Waals surface area contributed by atoms with Crippen LogP contribution in [-0.4, -0.2) is 30.3 Å². The predicted molar refractivity (Wildman–Crippen MR) is 106 cm³/mol. The summed E-state index contributed by atoms with van der Waals surface area (Å²) in [4.78, 5) is 15.3. The summed E-state index contributed by atoms with van der Waals surface area (Å²) in [7, 11) is 0. The molecule has 1 aliphatic heterocycles. The second-order valence-corrected chi connectivity index (χ2v) is 6.99. The van der Waals surface area contributed by atoms with Gasteiger partial charge in [-0.2, -0.15) is 0 Å². The van der Waals surface area contributed by atoms with Crippen molar-refractivity contribution < 1.29 is 4.79 Å². The Bertz CT molecular complexity index is 715. The van der Waals surface area contributed by atoms with Gasteiger partial charge in [0, 0.05) is 23.6 Å². The van der Waals surface area contributed by atoms with Gasteiger partial charge in [0.1, 0.15) is 0 Å². The third kappa shape index (κ3) is 5.29. The normalized spacial score (nSPS) is 16.0. The lowest BCUT2D eigenvalue weighted by atomic mass is 9.97. The van der Waals surface area contributed by atoms with Crippen molar-refractivity contribution in [3.05, 3.63) is 70.7 Å². The van der Waals surface area contributed by atoms with Crippen molar-refractivity contribution in [1.82, 2.24) is 4.90 Å². The maximum absolute atomic E-state index is 12.9. The molecule has 0 atom stereocenters. The van der Waals surface area contributed by atoms with E-state index in [0.29, 0.717) is 11.4 Å². The average Bonchev–Trinajstić information content (AvgIpc) is 2.67. The van der Waals surface area contributed by atoms with Crippen molar-refractivity contribution >= 4 is 29.0 Å². The lowest BCUT2D eigenvalue weighted by Gasteiger charge is -2.26. The summed E-state index contributed by atoms with van der Waals surface area (Å²) in [6.45, 7) is 3.09. The van der Waals surface area contributed by atoms with Crippen LogP contribution in [0.1, 0.15) is 36.8 Å². The van der Waals surface area contributed by atoms with Gasteiger partial charge in [-0.05, 0) is 55.3 Å². The Balaban J connectivity index is 1.78. The number of carbonyl (C=O) groups is 1. The van der Waals surface area contributed by atoms with E-state index >= 15 is 0 Å². The molecule has 0 unspecified atom stereocenters. The van der Waals surface area contributed by atoms with Crippen LogP contribution in [0.4, 0.5) is 0 Å². The molecule has 1 heterocycles. The summed E-state index contributed by atoms with van der Waals surface area (Å²) in [5.41, 5.74) is 2.75. The molecule has 0 amide bonds. The van der Waals surface area contributed by atoms with Gasteiger partial charge in [-0.15, -0.1) is 0 Å². The van der Waals surface area contributed by atoms with E-state index in [9.17, 15) is 4.79 Å². The van der Waals surface area contributed by atoms with E-state index in [1.165, 1.54) is 19.3 Å². The quantitative estimate of drug-likeness (QED) is 0.517. The third-order valence-electron chi connectivity index (χ3n) is 4.67. The zero-order chi connectivity index (χ0) is 17.5. The number of hydrogen-bond donors (Lipinski definition) is 0. The number of allylic oxidation sites excluding steroid dienone is 1. The van der Waals surface area contributed by atoms with Crippen molar-refractivity contribution in [2.24, 2.45) is 0 Å². The molecule has 2 nitrogen and oxygen atoms in total. The van der Waals surface area contributed by atoms with Crippen LogP contribution in [0.5, 0.6) is 0 Å². The molecule has 0 aliphatic carbocycles. The van der Waals surface area contributed by atoms with Crippen molar-refractivity contribution in [1.29, 1.82) is 0 Å². The van der Waals surface area contributed by atoms with E-state index in [1.807, 2.05) is 60.7 Å². The summed E-state index contributed by atoms with van der Waals surface area (Å²) in [5, 5.41) is 0.704. The highest BCUT2D eigenvalue weighted by molar-refractivity contribution is 6.30. The zero-order valence-corrected chi connectivity index (χ0v) is 15.2. The van der Waals surface area contributed by atoms with E-state index in [2.05, 4.69) is 4.90 Å². The molecule has 2 aromatic carbocycles. The van der Waals surface area contributed by atoms with Crippen LogP contribution in [0.15, 0.2) is 54.6 Å². The lowest BCUT2D eigenvalue weighted by molar-refractivity contribution is -0.114. The molecule has 0 radical (unpaired) electrons. The molecule has 3 heteroatoms. The first-order chi connectivity index (χ1) is 12.2. The Hall–Kier alpha value is -1.90. The van der Waals surface area contributed by atoms with Crippen LogP contribution >= 0.6 is 11.6 Å². The number of likely N-dealkylation sites (tertiary alicyclic amines) is 1. The van der Waals surface area contributed by atoms with Crippen LogP contribution in [0.3, 0.4) is 0 Å². The fourth-order valence-corrected chi connectivity index (χ4v) is 3.37. The minimum absolute atomic E-state index is 0.201. The molecule has 3 rings (SSSR count). The van der Waals surface area contributed by atoms with E-state index in [-0.39, 0.29) is 5.78 Å². The monoisotopic (exact) mass is 353 g/mol. The molecular weight excluding hydrogens is 330 g/mol. The van der Waals surface area contributed by atoms with Gasteiger partial charge in [0.15, 0.2) is 5.78 Å². The SMILES string of the molecule is O=C(CCN1CCCCC1)/C(=C/c1ccc(Cl)cc1)c1ccccc1. The molecular formula is C22H24ClNO. The average molecular weight is 354 g/mol.